The van der Waals surface area contributed by atoms with E-state index in [1.807, 2.05) is 0 Å². The van der Waals surface area contributed by atoms with Crippen LogP contribution in [-0.4, -0.2) is 56.4 Å². The molecule has 0 aromatic carbocycles. The minimum absolute atomic E-state index is 0.382. The number of nitrogens with one attached hydrogen (secondary N) is 1. The number of ether oxygens (including phenoxy) is 1. The van der Waals surface area contributed by atoms with Gasteiger partial charge >= 0.3 is 0 Å². The lowest BCUT2D eigenvalue weighted by Gasteiger charge is -2.30. The molecule has 1 aliphatic heterocycles. The molecule has 1 saturated heterocycles. The van der Waals surface area contributed by atoms with Crippen molar-refractivity contribution >= 4 is 0 Å². The van der Waals surface area contributed by atoms with Crippen molar-refractivity contribution in [3.8, 4) is 0 Å². The largest absolute Gasteiger partial charge is 0.379 e. The summed E-state index contributed by atoms with van der Waals surface area (Å²) in [6.07, 6.45) is 6.34. The molecule has 1 saturated carbocycles. The Bertz CT molecular complexity index is 207. The van der Waals surface area contributed by atoms with Crippen LogP contribution in [0, 0.1) is 0 Å². The molecule has 4 nitrogen and oxygen atoms in total. The average molecular weight is 241 g/mol. The Kier molecular flexibility index (Phi) is 5.71. The highest BCUT2D eigenvalue weighted by molar-refractivity contribution is 4.83. The third kappa shape index (κ3) is 4.54. The lowest BCUT2D eigenvalue weighted by molar-refractivity contribution is 0.0373. The highest BCUT2D eigenvalue weighted by atomic mass is 16.5. The molecule has 0 spiro atoms. The second kappa shape index (κ2) is 7.31. The van der Waals surface area contributed by atoms with E-state index in [9.17, 15) is 0 Å². The van der Waals surface area contributed by atoms with Crippen LogP contribution in [0.15, 0.2) is 0 Å². The molecule has 2 rings (SSSR count). The summed E-state index contributed by atoms with van der Waals surface area (Å²) >= 11 is 0. The number of nitrogens with two attached hydrogens (primary N) is 1. The molecule has 17 heavy (non-hydrogen) atoms. The van der Waals surface area contributed by atoms with Crippen LogP contribution in [0.2, 0.25) is 0 Å². The van der Waals surface area contributed by atoms with Crippen LogP contribution >= 0.6 is 0 Å². The van der Waals surface area contributed by atoms with Crippen molar-refractivity contribution in [1.82, 2.24) is 10.2 Å². The molecule has 0 amide bonds. The molecule has 0 radical (unpaired) electrons. The molecule has 0 bridgehead atoms. The smallest absolute Gasteiger partial charge is 0.0594 e. The van der Waals surface area contributed by atoms with Crippen LogP contribution in [-0.2, 0) is 4.74 Å². The van der Waals surface area contributed by atoms with Crippen molar-refractivity contribution in [2.75, 3.05) is 39.4 Å². The predicted octanol–water partition coefficient (Wildman–Crippen LogP) is 0.568. The summed E-state index contributed by atoms with van der Waals surface area (Å²) in [6, 6.07) is 0.945. The minimum Gasteiger partial charge on any atom is -0.379 e. The lowest BCUT2D eigenvalue weighted by Crippen LogP contribution is -2.47. The number of nitrogens with zero attached hydrogens (tertiary/aromatic N) is 1. The van der Waals surface area contributed by atoms with Gasteiger partial charge in [-0.15, -0.1) is 0 Å². The zero-order chi connectivity index (χ0) is 11.9. The molecule has 2 unspecified atom stereocenters. The van der Waals surface area contributed by atoms with E-state index in [0.29, 0.717) is 12.1 Å². The van der Waals surface area contributed by atoms with Crippen LogP contribution in [0.3, 0.4) is 0 Å². The maximum Gasteiger partial charge on any atom is 0.0594 e. The standard InChI is InChI=1S/C13H27N3O/c14-12-4-1-2-5-13(12)15-6-3-7-16-8-10-17-11-9-16/h12-13,15H,1-11,14H2. The fourth-order valence-electron chi connectivity index (χ4n) is 2.83. The lowest BCUT2D eigenvalue weighted by atomic mass is 9.91. The van der Waals surface area contributed by atoms with Gasteiger partial charge in [-0.2, -0.15) is 0 Å². The molecule has 0 aromatic heterocycles. The molecule has 4 heteroatoms. The monoisotopic (exact) mass is 241 g/mol. The van der Waals surface area contributed by atoms with E-state index in [1.54, 1.807) is 0 Å². The Morgan fingerprint density at radius 3 is 2.71 bits per heavy atom. The summed E-state index contributed by atoms with van der Waals surface area (Å²) in [5.74, 6) is 0. The van der Waals surface area contributed by atoms with E-state index < -0.39 is 0 Å². The Morgan fingerprint density at radius 2 is 1.94 bits per heavy atom. The van der Waals surface area contributed by atoms with E-state index in [4.69, 9.17) is 10.5 Å². The number of hydrogen-bond acceptors (Lipinski definition) is 4. The Balaban J connectivity index is 1.53. The molecule has 2 aliphatic rings. The van der Waals surface area contributed by atoms with Crippen molar-refractivity contribution in [2.24, 2.45) is 5.73 Å². The van der Waals surface area contributed by atoms with Crippen LogP contribution in [0.25, 0.3) is 0 Å². The van der Waals surface area contributed by atoms with Gasteiger partial charge in [0.2, 0.25) is 0 Å². The van der Waals surface area contributed by atoms with Gasteiger partial charge in [-0.3, -0.25) is 4.90 Å². The second-order valence-corrected chi connectivity index (χ2v) is 5.32. The zero-order valence-electron chi connectivity index (χ0n) is 10.9. The molecule has 1 aliphatic carbocycles. The summed E-state index contributed by atoms with van der Waals surface area (Å²) in [6.45, 7) is 6.31. The van der Waals surface area contributed by atoms with E-state index in [-0.39, 0.29) is 0 Å². The number of morpholine rings is 1. The summed E-state index contributed by atoms with van der Waals surface area (Å²) in [7, 11) is 0. The summed E-state index contributed by atoms with van der Waals surface area (Å²) < 4.78 is 5.34. The quantitative estimate of drug-likeness (QED) is 0.691. The summed E-state index contributed by atoms with van der Waals surface area (Å²) in [4.78, 5) is 2.49. The van der Waals surface area contributed by atoms with Gasteiger partial charge in [0, 0.05) is 25.2 Å². The minimum atomic E-state index is 0.382. The fourth-order valence-corrected chi connectivity index (χ4v) is 2.83. The van der Waals surface area contributed by atoms with Crippen molar-refractivity contribution < 1.29 is 4.74 Å². The van der Waals surface area contributed by atoms with E-state index in [0.717, 1.165) is 32.8 Å². The molecular weight excluding hydrogens is 214 g/mol. The van der Waals surface area contributed by atoms with Crippen molar-refractivity contribution in [2.45, 2.75) is 44.2 Å². The first-order valence-electron chi connectivity index (χ1n) is 7.15. The van der Waals surface area contributed by atoms with Gasteiger partial charge in [-0.1, -0.05) is 12.8 Å². The Labute approximate surface area is 105 Å². The molecule has 2 fully saturated rings. The number of hydrogen-bond donors (Lipinski definition) is 2. The molecule has 1 heterocycles. The van der Waals surface area contributed by atoms with Crippen LogP contribution in [0.1, 0.15) is 32.1 Å². The van der Waals surface area contributed by atoms with Crippen LogP contribution < -0.4 is 11.1 Å². The first-order chi connectivity index (χ1) is 8.36. The fraction of sp³-hybridized carbons (Fsp3) is 1.00. The normalized spacial score (nSPS) is 31.6. The van der Waals surface area contributed by atoms with E-state index in [2.05, 4.69) is 10.2 Å². The zero-order valence-corrected chi connectivity index (χ0v) is 10.9. The Morgan fingerprint density at radius 1 is 1.18 bits per heavy atom. The van der Waals surface area contributed by atoms with Crippen molar-refractivity contribution in [1.29, 1.82) is 0 Å². The maximum absolute atomic E-state index is 6.11. The molecule has 2 atom stereocenters. The van der Waals surface area contributed by atoms with E-state index in [1.165, 1.54) is 38.6 Å². The van der Waals surface area contributed by atoms with Crippen LogP contribution in [0.4, 0.5) is 0 Å². The van der Waals surface area contributed by atoms with Gasteiger partial charge in [-0.25, -0.2) is 0 Å². The van der Waals surface area contributed by atoms with Crippen LogP contribution in [0.5, 0.6) is 0 Å². The first kappa shape index (κ1) is 13.3. The highest BCUT2D eigenvalue weighted by Gasteiger charge is 2.20. The molecular formula is C13H27N3O. The van der Waals surface area contributed by atoms with E-state index >= 15 is 0 Å². The third-order valence-electron chi connectivity index (χ3n) is 3.98. The Hall–Kier alpha value is -0.160. The number of rotatable bonds is 5. The predicted molar refractivity (Wildman–Crippen MR) is 70.1 cm³/mol. The van der Waals surface area contributed by atoms with Crippen molar-refractivity contribution in [3.05, 3.63) is 0 Å². The van der Waals surface area contributed by atoms with Gasteiger partial charge in [0.25, 0.3) is 0 Å². The van der Waals surface area contributed by atoms with Gasteiger partial charge in [0.1, 0.15) is 0 Å². The first-order valence-corrected chi connectivity index (χ1v) is 7.15. The molecule has 3 N–H and O–H groups in total. The van der Waals surface area contributed by atoms with Gasteiger partial charge in [0.15, 0.2) is 0 Å². The van der Waals surface area contributed by atoms with Crippen molar-refractivity contribution in [3.63, 3.8) is 0 Å². The third-order valence-corrected chi connectivity index (χ3v) is 3.98. The molecule has 100 valence electrons. The highest BCUT2D eigenvalue weighted by Crippen LogP contribution is 2.16. The van der Waals surface area contributed by atoms with Gasteiger partial charge < -0.3 is 15.8 Å². The van der Waals surface area contributed by atoms with Gasteiger partial charge in [0.05, 0.1) is 13.2 Å². The average Bonchev–Trinajstić information content (AvgIpc) is 2.38. The second-order valence-electron chi connectivity index (χ2n) is 5.32. The molecule has 0 aromatic rings. The summed E-state index contributed by atoms with van der Waals surface area (Å²) in [5.41, 5.74) is 6.11. The maximum atomic E-state index is 6.11. The SMILES string of the molecule is NC1CCCCC1NCCCN1CCOCC1. The summed E-state index contributed by atoms with van der Waals surface area (Å²) in [5, 5.41) is 3.63. The topological polar surface area (TPSA) is 50.5 Å². The van der Waals surface area contributed by atoms with Gasteiger partial charge in [-0.05, 0) is 32.4 Å².